The number of anilines is 1. The average molecular weight is 474 g/mol. The molecule has 2 heterocycles. The number of carbonyl (C=O) groups excluding carboxylic acids is 1. The smallest absolute Gasteiger partial charge is 0.243 e. The zero-order chi connectivity index (χ0) is 23.4. The van der Waals surface area contributed by atoms with E-state index >= 15 is 0 Å². The van der Waals surface area contributed by atoms with Crippen molar-refractivity contribution in [1.29, 1.82) is 0 Å². The summed E-state index contributed by atoms with van der Waals surface area (Å²) in [6.45, 7) is 3.08. The highest BCUT2D eigenvalue weighted by molar-refractivity contribution is 7.89. The molecule has 0 unspecified atom stereocenters. The Morgan fingerprint density at radius 1 is 1.00 bits per heavy atom. The van der Waals surface area contributed by atoms with Crippen molar-refractivity contribution in [1.82, 2.24) is 9.21 Å². The van der Waals surface area contributed by atoms with Crippen molar-refractivity contribution in [2.24, 2.45) is 5.92 Å². The van der Waals surface area contributed by atoms with Gasteiger partial charge in [0.25, 0.3) is 0 Å². The molecular weight excluding hydrogens is 441 g/mol. The van der Waals surface area contributed by atoms with E-state index in [4.69, 9.17) is 0 Å². The maximum Gasteiger partial charge on any atom is 0.243 e. The summed E-state index contributed by atoms with van der Waals surface area (Å²) >= 11 is 0. The number of nitrogens with zero attached hydrogens (tertiary/aromatic N) is 3. The summed E-state index contributed by atoms with van der Waals surface area (Å²) in [6.07, 6.45) is 4.91. The molecule has 1 amide bonds. The van der Waals surface area contributed by atoms with Gasteiger partial charge in [0, 0.05) is 45.5 Å². The molecule has 4 rings (SSSR count). The number of hydrogen-bond donors (Lipinski definition) is 0. The quantitative estimate of drug-likeness (QED) is 0.639. The third-order valence-corrected chi connectivity index (χ3v) is 8.54. The fourth-order valence-corrected chi connectivity index (χ4v) is 6.37. The van der Waals surface area contributed by atoms with Crippen molar-refractivity contribution in [2.45, 2.75) is 43.5 Å². The van der Waals surface area contributed by atoms with Crippen LogP contribution in [0.25, 0.3) is 0 Å². The van der Waals surface area contributed by atoms with Crippen LogP contribution >= 0.6 is 0 Å². The van der Waals surface area contributed by atoms with Crippen LogP contribution in [0.5, 0.6) is 0 Å². The van der Waals surface area contributed by atoms with Gasteiger partial charge in [-0.05, 0) is 68.0 Å². The van der Waals surface area contributed by atoms with Crippen molar-refractivity contribution >= 4 is 21.6 Å². The van der Waals surface area contributed by atoms with Gasteiger partial charge in [-0.1, -0.05) is 18.2 Å². The second-order valence-corrected chi connectivity index (χ2v) is 11.0. The van der Waals surface area contributed by atoms with E-state index in [1.807, 2.05) is 12.1 Å². The van der Waals surface area contributed by atoms with E-state index in [0.29, 0.717) is 25.9 Å². The molecule has 1 atom stereocenters. The lowest BCUT2D eigenvalue weighted by atomic mass is 9.98. The Morgan fingerprint density at radius 2 is 1.70 bits per heavy atom. The Morgan fingerprint density at radius 3 is 2.42 bits per heavy atom. The van der Waals surface area contributed by atoms with Crippen LogP contribution in [-0.4, -0.2) is 56.8 Å². The molecule has 33 heavy (non-hydrogen) atoms. The predicted molar refractivity (Wildman–Crippen MR) is 127 cm³/mol. The first kappa shape index (κ1) is 23.7. The maximum absolute atomic E-state index is 13.3. The summed E-state index contributed by atoms with van der Waals surface area (Å²) in [7, 11) is -1.97. The van der Waals surface area contributed by atoms with Gasteiger partial charge in [-0.2, -0.15) is 4.31 Å². The standard InChI is InChI=1S/C25H32FN3O3S/c1-27(18-20-8-3-4-10-24(20)28-15-5-2-6-16-28)25(30)21-9-7-17-29(19-21)33(31,32)23-13-11-22(26)12-14-23/h3-4,8,10-14,21H,2,5-7,9,15-19H2,1H3/t21-/m1/s1. The minimum absolute atomic E-state index is 0.0394. The Hall–Kier alpha value is -2.45. The number of para-hydroxylation sites is 1. The van der Waals surface area contributed by atoms with Crippen molar-refractivity contribution in [3.8, 4) is 0 Å². The summed E-state index contributed by atoms with van der Waals surface area (Å²) in [4.78, 5) is 17.5. The van der Waals surface area contributed by atoms with E-state index in [0.717, 1.165) is 30.8 Å². The summed E-state index contributed by atoms with van der Waals surface area (Å²) in [5.41, 5.74) is 2.29. The summed E-state index contributed by atoms with van der Waals surface area (Å²) in [5.74, 6) is -0.907. The first-order valence-electron chi connectivity index (χ1n) is 11.7. The van der Waals surface area contributed by atoms with Gasteiger partial charge < -0.3 is 9.80 Å². The molecule has 0 bridgehead atoms. The summed E-state index contributed by atoms with van der Waals surface area (Å²) < 4.78 is 40.6. The summed E-state index contributed by atoms with van der Waals surface area (Å²) in [5, 5.41) is 0. The SMILES string of the molecule is CN(Cc1ccccc1N1CCCCC1)C(=O)[C@@H]1CCCN(S(=O)(=O)c2ccc(F)cc2)C1. The molecule has 0 radical (unpaired) electrons. The molecule has 2 aliphatic rings. The lowest BCUT2D eigenvalue weighted by Crippen LogP contribution is -2.45. The van der Waals surface area contributed by atoms with E-state index in [-0.39, 0.29) is 23.3 Å². The van der Waals surface area contributed by atoms with Gasteiger partial charge in [0.1, 0.15) is 5.82 Å². The van der Waals surface area contributed by atoms with Gasteiger partial charge in [0.15, 0.2) is 0 Å². The van der Waals surface area contributed by atoms with Gasteiger partial charge in [0.2, 0.25) is 15.9 Å². The molecule has 2 fully saturated rings. The molecule has 178 valence electrons. The Bertz CT molecular complexity index is 1070. The average Bonchev–Trinajstić information content (AvgIpc) is 2.85. The largest absolute Gasteiger partial charge is 0.371 e. The number of carbonyl (C=O) groups is 1. The molecule has 2 aromatic rings. The number of amides is 1. The van der Waals surface area contributed by atoms with Crippen LogP contribution in [0, 0.1) is 11.7 Å². The topological polar surface area (TPSA) is 60.9 Å². The third kappa shape index (κ3) is 5.38. The molecule has 0 aliphatic carbocycles. The lowest BCUT2D eigenvalue weighted by Gasteiger charge is -2.34. The van der Waals surface area contributed by atoms with Crippen LogP contribution in [0.3, 0.4) is 0 Å². The van der Waals surface area contributed by atoms with Crippen LogP contribution in [0.4, 0.5) is 10.1 Å². The van der Waals surface area contributed by atoms with E-state index in [1.165, 1.54) is 41.4 Å². The van der Waals surface area contributed by atoms with Crippen LogP contribution in [0.1, 0.15) is 37.7 Å². The van der Waals surface area contributed by atoms with Crippen molar-refractivity contribution in [3.63, 3.8) is 0 Å². The number of piperidine rings is 2. The van der Waals surface area contributed by atoms with Gasteiger partial charge in [0.05, 0.1) is 10.8 Å². The number of halogens is 1. The second-order valence-electron chi connectivity index (χ2n) is 9.03. The highest BCUT2D eigenvalue weighted by atomic mass is 32.2. The highest BCUT2D eigenvalue weighted by Crippen LogP contribution is 2.28. The maximum atomic E-state index is 13.3. The summed E-state index contributed by atoms with van der Waals surface area (Å²) in [6, 6.07) is 13.1. The van der Waals surface area contributed by atoms with Crippen LogP contribution < -0.4 is 4.90 Å². The number of sulfonamides is 1. The molecule has 2 aliphatic heterocycles. The first-order valence-corrected chi connectivity index (χ1v) is 13.1. The van der Waals surface area contributed by atoms with Crippen LogP contribution in [0.15, 0.2) is 53.4 Å². The monoisotopic (exact) mass is 473 g/mol. The Labute approximate surface area is 196 Å². The van der Waals surface area contributed by atoms with E-state index in [9.17, 15) is 17.6 Å². The third-order valence-electron chi connectivity index (χ3n) is 6.66. The second kappa shape index (κ2) is 10.2. The van der Waals surface area contributed by atoms with Gasteiger partial charge >= 0.3 is 0 Å². The minimum atomic E-state index is -3.76. The zero-order valence-corrected chi connectivity index (χ0v) is 19.9. The van der Waals surface area contributed by atoms with E-state index < -0.39 is 15.8 Å². The molecule has 6 nitrogen and oxygen atoms in total. The van der Waals surface area contributed by atoms with Gasteiger partial charge in [-0.15, -0.1) is 0 Å². The predicted octanol–water partition coefficient (Wildman–Crippen LogP) is 3.88. The fraction of sp³-hybridized carbons (Fsp3) is 0.480. The molecule has 0 spiro atoms. The normalized spacial score (nSPS) is 19.9. The highest BCUT2D eigenvalue weighted by Gasteiger charge is 2.34. The van der Waals surface area contributed by atoms with Gasteiger partial charge in [-0.25, -0.2) is 12.8 Å². The molecule has 0 N–H and O–H groups in total. The molecule has 0 saturated carbocycles. The first-order chi connectivity index (χ1) is 15.9. The molecule has 2 aromatic carbocycles. The van der Waals surface area contributed by atoms with E-state index in [1.54, 1.807) is 11.9 Å². The minimum Gasteiger partial charge on any atom is -0.371 e. The number of hydrogen-bond acceptors (Lipinski definition) is 4. The molecular formula is C25H32FN3O3S. The fourth-order valence-electron chi connectivity index (χ4n) is 4.85. The van der Waals surface area contributed by atoms with Gasteiger partial charge in [-0.3, -0.25) is 4.79 Å². The Balaban J connectivity index is 1.44. The van der Waals surface area contributed by atoms with Crippen LogP contribution in [0.2, 0.25) is 0 Å². The number of rotatable bonds is 6. The number of benzene rings is 2. The molecule has 2 saturated heterocycles. The van der Waals surface area contributed by atoms with Crippen molar-refractivity contribution in [2.75, 3.05) is 38.1 Å². The molecule has 0 aromatic heterocycles. The Kier molecular flexibility index (Phi) is 7.34. The lowest BCUT2D eigenvalue weighted by molar-refractivity contribution is -0.135. The molecule has 8 heteroatoms. The van der Waals surface area contributed by atoms with Crippen molar-refractivity contribution < 1.29 is 17.6 Å². The van der Waals surface area contributed by atoms with Crippen LogP contribution in [-0.2, 0) is 21.4 Å². The van der Waals surface area contributed by atoms with E-state index in [2.05, 4.69) is 17.0 Å². The zero-order valence-electron chi connectivity index (χ0n) is 19.1. The van der Waals surface area contributed by atoms with Crippen molar-refractivity contribution in [3.05, 3.63) is 59.9 Å².